The smallest absolute Gasteiger partial charge is 0.266 e. The van der Waals surface area contributed by atoms with E-state index >= 15 is 0 Å². The Labute approximate surface area is 244 Å². The summed E-state index contributed by atoms with van der Waals surface area (Å²) in [7, 11) is -5.04. The number of fused-ring (bicyclic) bond motifs is 1. The molecule has 6 nitrogen and oxygen atoms in total. The van der Waals surface area contributed by atoms with Crippen LogP contribution < -0.4 is 0 Å². The number of hydrogen-bond donors (Lipinski definition) is 0. The summed E-state index contributed by atoms with van der Waals surface area (Å²) in [6, 6.07) is 29.9. The number of rotatable bonds is 6. The molecule has 0 radical (unpaired) electrons. The summed E-state index contributed by atoms with van der Waals surface area (Å²) in [5, 5.41) is 0.755. The van der Waals surface area contributed by atoms with E-state index in [2.05, 4.69) is 0 Å². The Kier molecular flexibility index (Phi) is 6.95. The van der Waals surface area contributed by atoms with E-state index in [1.165, 1.54) is 30.3 Å². The van der Waals surface area contributed by atoms with Crippen molar-refractivity contribution in [2.24, 2.45) is 0 Å². The summed E-state index contributed by atoms with van der Waals surface area (Å²) in [6.45, 7) is 0. The predicted molar refractivity (Wildman–Crippen MR) is 154 cm³/mol. The van der Waals surface area contributed by atoms with E-state index in [0.29, 0.717) is 16.5 Å². The molecule has 214 valence electrons. The highest BCUT2D eigenvalue weighted by molar-refractivity contribution is 7.86. The van der Waals surface area contributed by atoms with Crippen LogP contribution in [0.1, 0.15) is 16.7 Å². The second-order valence-corrected chi connectivity index (χ2v) is 11.1. The zero-order valence-corrected chi connectivity index (χ0v) is 22.9. The minimum Gasteiger partial charge on any atom is -0.266 e. The summed E-state index contributed by atoms with van der Waals surface area (Å²) >= 11 is 0. The van der Waals surface area contributed by atoms with Gasteiger partial charge in [0.25, 0.3) is 11.8 Å². The molecular weight excluding hydrogens is 579 g/mol. The molecule has 10 heteroatoms. The number of alkyl halides is 3. The Bertz CT molecular complexity index is 1980. The molecule has 1 heterocycles. The van der Waals surface area contributed by atoms with Crippen LogP contribution in [-0.4, -0.2) is 25.3 Å². The molecule has 1 aliphatic heterocycles. The van der Waals surface area contributed by atoms with E-state index in [4.69, 9.17) is 4.28 Å². The van der Waals surface area contributed by atoms with E-state index in [-0.39, 0.29) is 32.7 Å². The lowest BCUT2D eigenvalue weighted by Crippen LogP contribution is -2.34. The first-order valence-corrected chi connectivity index (χ1v) is 14.4. The number of amides is 2. The molecule has 0 bridgehead atoms. The number of nitrogens with zero attached hydrogens (tertiary/aromatic N) is 1. The van der Waals surface area contributed by atoms with Crippen LogP contribution in [0.15, 0.2) is 126 Å². The van der Waals surface area contributed by atoms with Crippen molar-refractivity contribution in [3.8, 4) is 11.1 Å². The van der Waals surface area contributed by atoms with Crippen molar-refractivity contribution in [3.05, 3.63) is 138 Å². The average Bonchev–Trinajstić information content (AvgIpc) is 3.25. The van der Waals surface area contributed by atoms with Crippen molar-refractivity contribution >= 4 is 43.9 Å². The normalized spacial score (nSPS) is 14.2. The number of halogens is 3. The van der Waals surface area contributed by atoms with Crippen molar-refractivity contribution in [2.75, 3.05) is 0 Å². The molecule has 6 rings (SSSR count). The maximum atomic E-state index is 14.2. The molecule has 0 saturated carbocycles. The van der Waals surface area contributed by atoms with Crippen molar-refractivity contribution in [1.29, 1.82) is 0 Å². The number of carbonyl (C=O) groups is 2. The standard InChI is InChI=1S/C33H20F3NO5S/c34-33(35,36)26-20-19-21-11-7-8-16-24(21)30(26)25-17-9-10-18-27(25)43(40,41)42-37-31(38)28(22-12-3-1-4-13-22)29(32(37)39)23-14-5-2-6-15-23/h1-20H. The largest absolute Gasteiger partial charge is 0.417 e. The Hall–Kier alpha value is -5.06. The van der Waals surface area contributed by atoms with Crippen LogP contribution in [0.4, 0.5) is 13.2 Å². The maximum absolute atomic E-state index is 14.2. The van der Waals surface area contributed by atoms with Crippen LogP contribution >= 0.6 is 0 Å². The zero-order valence-electron chi connectivity index (χ0n) is 22.1. The van der Waals surface area contributed by atoms with Gasteiger partial charge in [0.2, 0.25) is 0 Å². The lowest BCUT2D eigenvalue weighted by Gasteiger charge is -2.19. The molecule has 0 aromatic heterocycles. The second kappa shape index (κ2) is 10.6. The Balaban J connectivity index is 1.48. The first kappa shape index (κ1) is 28.1. The average molecular weight is 600 g/mol. The van der Waals surface area contributed by atoms with Gasteiger partial charge < -0.3 is 0 Å². The predicted octanol–water partition coefficient (Wildman–Crippen LogP) is 7.13. The first-order chi connectivity index (χ1) is 20.6. The quantitative estimate of drug-likeness (QED) is 0.194. The topological polar surface area (TPSA) is 80.8 Å². The van der Waals surface area contributed by atoms with Gasteiger partial charge in [0.05, 0.1) is 16.7 Å². The van der Waals surface area contributed by atoms with Gasteiger partial charge in [0, 0.05) is 11.1 Å². The van der Waals surface area contributed by atoms with Gasteiger partial charge in [-0.2, -0.15) is 21.6 Å². The van der Waals surface area contributed by atoms with E-state index in [1.807, 2.05) is 0 Å². The van der Waals surface area contributed by atoms with Crippen molar-refractivity contribution in [2.45, 2.75) is 11.1 Å². The molecule has 0 saturated heterocycles. The summed E-state index contributed by atoms with van der Waals surface area (Å²) in [5.74, 6) is -2.06. The van der Waals surface area contributed by atoms with Crippen molar-refractivity contribution in [3.63, 3.8) is 0 Å². The molecule has 43 heavy (non-hydrogen) atoms. The Morgan fingerprint density at radius 2 is 1.12 bits per heavy atom. The van der Waals surface area contributed by atoms with Crippen molar-refractivity contribution in [1.82, 2.24) is 5.06 Å². The van der Waals surface area contributed by atoms with Gasteiger partial charge in [-0.3, -0.25) is 9.59 Å². The maximum Gasteiger partial charge on any atom is 0.417 e. The third-order valence-corrected chi connectivity index (χ3v) is 8.24. The van der Waals surface area contributed by atoms with Crippen LogP contribution in [0.25, 0.3) is 33.0 Å². The summed E-state index contributed by atoms with van der Waals surface area (Å²) in [4.78, 5) is 26.6. The highest BCUT2D eigenvalue weighted by Crippen LogP contribution is 2.44. The molecule has 5 aromatic rings. The molecular formula is C33H20F3NO5S. The summed E-state index contributed by atoms with van der Waals surface area (Å²) in [6.07, 6.45) is -4.82. The highest BCUT2D eigenvalue weighted by atomic mass is 32.2. The number of hydrogen-bond acceptors (Lipinski definition) is 5. The lowest BCUT2D eigenvalue weighted by atomic mass is 9.93. The van der Waals surface area contributed by atoms with Crippen LogP contribution in [0.3, 0.4) is 0 Å². The molecule has 0 fully saturated rings. The monoisotopic (exact) mass is 599 g/mol. The van der Waals surface area contributed by atoms with E-state index in [9.17, 15) is 31.2 Å². The Morgan fingerprint density at radius 1 is 0.605 bits per heavy atom. The van der Waals surface area contributed by atoms with Gasteiger partial charge in [0.1, 0.15) is 4.90 Å². The first-order valence-electron chi connectivity index (χ1n) is 12.9. The van der Waals surface area contributed by atoms with E-state index < -0.39 is 38.6 Å². The number of imide groups is 1. The van der Waals surface area contributed by atoms with Crippen LogP contribution in [0, 0.1) is 0 Å². The van der Waals surface area contributed by atoms with Crippen LogP contribution in [-0.2, 0) is 30.2 Å². The van der Waals surface area contributed by atoms with Crippen molar-refractivity contribution < 1.29 is 35.5 Å². The molecule has 0 N–H and O–H groups in total. The molecule has 1 aliphatic rings. The minimum atomic E-state index is -5.04. The van der Waals surface area contributed by atoms with Gasteiger partial charge in [-0.05, 0) is 34.0 Å². The fourth-order valence-corrected chi connectivity index (χ4v) is 6.25. The highest BCUT2D eigenvalue weighted by Gasteiger charge is 2.44. The number of carbonyl (C=O) groups excluding carboxylic acids is 2. The van der Waals surface area contributed by atoms with Crippen LogP contribution in [0.2, 0.25) is 0 Å². The lowest BCUT2D eigenvalue weighted by molar-refractivity contribution is -0.160. The van der Waals surface area contributed by atoms with Gasteiger partial charge in [-0.15, -0.1) is 9.35 Å². The molecule has 2 amide bonds. The summed E-state index contributed by atoms with van der Waals surface area (Å²) in [5.41, 5.74) is -1.17. The van der Waals surface area contributed by atoms with E-state index in [1.54, 1.807) is 78.9 Å². The van der Waals surface area contributed by atoms with E-state index in [0.717, 1.165) is 12.1 Å². The Morgan fingerprint density at radius 3 is 1.70 bits per heavy atom. The molecule has 0 aliphatic carbocycles. The third-order valence-electron chi connectivity index (χ3n) is 7.00. The SMILES string of the molecule is O=C1C(c2ccccc2)=C(c2ccccc2)C(=O)N1OS(=O)(=O)c1ccccc1-c1c(C(F)(F)F)ccc2ccccc12. The summed E-state index contributed by atoms with van der Waals surface area (Å²) < 4.78 is 75.5. The van der Waals surface area contributed by atoms with Gasteiger partial charge >= 0.3 is 16.3 Å². The van der Waals surface area contributed by atoms with Gasteiger partial charge in [0.15, 0.2) is 0 Å². The second-order valence-electron chi connectivity index (χ2n) is 9.62. The molecule has 0 atom stereocenters. The molecule has 0 spiro atoms. The number of hydroxylamine groups is 2. The molecule has 5 aromatic carbocycles. The zero-order chi connectivity index (χ0) is 30.4. The third kappa shape index (κ3) is 5.00. The minimum absolute atomic E-state index is 0.0753. The van der Waals surface area contributed by atoms with Gasteiger partial charge in [-0.25, -0.2) is 0 Å². The fourth-order valence-electron chi connectivity index (χ4n) is 5.15. The molecule has 0 unspecified atom stereocenters. The van der Waals surface area contributed by atoms with Gasteiger partial charge in [-0.1, -0.05) is 109 Å². The van der Waals surface area contributed by atoms with Crippen LogP contribution in [0.5, 0.6) is 0 Å². The fraction of sp³-hybridized carbons (Fsp3) is 0.0303. The number of benzene rings is 5.